The van der Waals surface area contributed by atoms with Crippen molar-refractivity contribution in [1.82, 2.24) is 9.62 Å². The van der Waals surface area contributed by atoms with Gasteiger partial charge in [-0.05, 0) is 83.4 Å². The number of benzene rings is 2. The van der Waals surface area contributed by atoms with Crippen molar-refractivity contribution < 1.29 is 17.6 Å². The third-order valence-corrected chi connectivity index (χ3v) is 7.67. The quantitative estimate of drug-likeness (QED) is 0.708. The number of aryl methyl sites for hydroxylation is 1. The van der Waals surface area contributed by atoms with Crippen LogP contribution in [-0.2, 0) is 10.0 Å². The highest BCUT2D eigenvalue weighted by atomic mass is 32.2. The molecule has 2 N–H and O–H groups in total. The number of nitrogens with one attached hydrogen (secondary N) is 2. The molecule has 3 rings (SSSR count). The predicted octanol–water partition coefficient (Wildman–Crippen LogP) is 3.70. The number of sulfonamides is 1. The second-order valence-electron chi connectivity index (χ2n) is 8.37. The first-order valence-corrected chi connectivity index (χ1v) is 12.0. The number of nitrogens with zero attached hydrogens (tertiary/aromatic N) is 1. The van der Waals surface area contributed by atoms with Gasteiger partial charge in [0.25, 0.3) is 5.91 Å². The van der Waals surface area contributed by atoms with Crippen molar-refractivity contribution in [1.29, 1.82) is 0 Å². The normalized spacial score (nSPS) is 16.8. The lowest BCUT2D eigenvalue weighted by molar-refractivity contribution is 0.102. The molecule has 1 atom stereocenters. The van der Waals surface area contributed by atoms with Gasteiger partial charge >= 0.3 is 0 Å². The minimum absolute atomic E-state index is 0.0803. The molecule has 0 bridgehead atoms. The fourth-order valence-corrected chi connectivity index (χ4v) is 5.40. The highest BCUT2D eigenvalue weighted by molar-refractivity contribution is 7.89. The van der Waals surface area contributed by atoms with Gasteiger partial charge in [0, 0.05) is 22.9 Å². The summed E-state index contributed by atoms with van der Waals surface area (Å²) in [7, 11) is -1.99. The maximum atomic E-state index is 15.1. The van der Waals surface area contributed by atoms with Gasteiger partial charge in [0.1, 0.15) is 10.7 Å². The molecule has 168 valence electrons. The molecule has 2 aromatic rings. The van der Waals surface area contributed by atoms with Gasteiger partial charge in [0.15, 0.2) is 0 Å². The monoisotopic (exact) mass is 447 g/mol. The summed E-state index contributed by atoms with van der Waals surface area (Å²) in [5, 5.41) is 2.68. The SMILES string of the molecule is Cc1ccccc1C(=O)Nc1ccc(S(=O)(=O)N[C@H](C)C2CCN(C)CC2)c(F)c1C. The summed E-state index contributed by atoms with van der Waals surface area (Å²) in [5.74, 6) is -1.02. The fraction of sp³-hybridized carbons (Fsp3) is 0.435. The van der Waals surface area contributed by atoms with Crippen molar-refractivity contribution in [2.75, 3.05) is 25.5 Å². The number of rotatable bonds is 6. The highest BCUT2D eigenvalue weighted by Crippen LogP contribution is 2.27. The van der Waals surface area contributed by atoms with Gasteiger partial charge in [-0.1, -0.05) is 18.2 Å². The average Bonchev–Trinajstić information content (AvgIpc) is 2.71. The smallest absolute Gasteiger partial charge is 0.255 e. The molecule has 0 aromatic heterocycles. The maximum absolute atomic E-state index is 15.1. The van der Waals surface area contributed by atoms with E-state index < -0.39 is 20.7 Å². The Bertz CT molecular complexity index is 1060. The molecule has 0 unspecified atom stereocenters. The lowest BCUT2D eigenvalue weighted by Crippen LogP contribution is -2.43. The van der Waals surface area contributed by atoms with E-state index in [1.54, 1.807) is 12.1 Å². The zero-order valence-electron chi connectivity index (χ0n) is 18.4. The van der Waals surface area contributed by atoms with Gasteiger partial charge in [-0.2, -0.15) is 0 Å². The molecular weight excluding hydrogens is 417 g/mol. The number of carbonyl (C=O) groups excluding carboxylic acids is 1. The zero-order valence-corrected chi connectivity index (χ0v) is 19.2. The number of hydrogen-bond donors (Lipinski definition) is 2. The maximum Gasteiger partial charge on any atom is 0.255 e. The van der Waals surface area contributed by atoms with Crippen LogP contribution in [0.25, 0.3) is 0 Å². The second-order valence-corrected chi connectivity index (χ2v) is 10.1. The zero-order chi connectivity index (χ0) is 22.8. The number of anilines is 1. The molecule has 0 radical (unpaired) electrons. The van der Waals surface area contributed by atoms with E-state index in [4.69, 9.17) is 0 Å². The summed E-state index contributed by atoms with van der Waals surface area (Å²) < 4.78 is 43.4. The third-order valence-electron chi connectivity index (χ3n) is 6.09. The van der Waals surface area contributed by atoms with E-state index in [9.17, 15) is 13.2 Å². The van der Waals surface area contributed by atoms with Crippen LogP contribution in [0.2, 0.25) is 0 Å². The predicted molar refractivity (Wildman–Crippen MR) is 120 cm³/mol. The first-order chi connectivity index (χ1) is 14.6. The Hall–Kier alpha value is -2.29. The lowest BCUT2D eigenvalue weighted by Gasteiger charge is -2.32. The molecule has 1 aliphatic heterocycles. The molecule has 1 heterocycles. The summed E-state index contributed by atoms with van der Waals surface area (Å²) in [4.78, 5) is 14.4. The van der Waals surface area contributed by atoms with Gasteiger partial charge in [-0.15, -0.1) is 0 Å². The first-order valence-electron chi connectivity index (χ1n) is 10.5. The first kappa shape index (κ1) is 23.4. The molecule has 1 fully saturated rings. The summed E-state index contributed by atoms with van der Waals surface area (Å²) in [6.45, 7) is 6.94. The molecule has 0 saturated carbocycles. The third kappa shape index (κ3) is 5.31. The summed E-state index contributed by atoms with van der Waals surface area (Å²) in [6.07, 6.45) is 1.79. The van der Waals surface area contributed by atoms with E-state index in [1.807, 2.05) is 33.0 Å². The summed E-state index contributed by atoms with van der Waals surface area (Å²) in [5.41, 5.74) is 1.60. The molecule has 1 saturated heterocycles. The summed E-state index contributed by atoms with van der Waals surface area (Å²) in [6, 6.07) is 9.43. The number of piperidine rings is 1. The standard InChI is InChI=1S/C23H30FN3O3S/c1-15-7-5-6-8-19(15)23(28)25-20-9-10-21(22(24)16(20)2)31(29,30)26-17(3)18-11-13-27(4)14-12-18/h5-10,17-18,26H,11-14H2,1-4H3,(H,25,28)/t17-/m1/s1. The number of hydrogen-bond acceptors (Lipinski definition) is 4. The van der Waals surface area contributed by atoms with Crippen LogP contribution in [0, 0.1) is 25.6 Å². The van der Waals surface area contributed by atoms with E-state index in [-0.39, 0.29) is 29.1 Å². The van der Waals surface area contributed by atoms with Crippen molar-refractivity contribution in [2.45, 2.75) is 44.6 Å². The van der Waals surface area contributed by atoms with Gasteiger partial charge in [0.2, 0.25) is 10.0 Å². The van der Waals surface area contributed by atoms with Crippen LogP contribution in [0.3, 0.4) is 0 Å². The fourth-order valence-electron chi connectivity index (χ4n) is 3.95. The van der Waals surface area contributed by atoms with Crippen molar-refractivity contribution in [3.05, 3.63) is 58.9 Å². The van der Waals surface area contributed by atoms with Crippen LogP contribution in [0.4, 0.5) is 10.1 Å². The molecular formula is C23H30FN3O3S. The minimum Gasteiger partial charge on any atom is -0.322 e. The van der Waals surface area contributed by atoms with Gasteiger partial charge in [-0.3, -0.25) is 4.79 Å². The Balaban J connectivity index is 1.77. The van der Waals surface area contributed by atoms with Crippen LogP contribution in [0.15, 0.2) is 41.3 Å². The van der Waals surface area contributed by atoms with Crippen LogP contribution in [0.1, 0.15) is 41.3 Å². The van der Waals surface area contributed by atoms with Gasteiger partial charge in [0.05, 0.1) is 0 Å². The van der Waals surface area contributed by atoms with Crippen LogP contribution in [-0.4, -0.2) is 45.4 Å². The van der Waals surface area contributed by atoms with E-state index in [0.29, 0.717) is 5.56 Å². The average molecular weight is 448 g/mol. The van der Waals surface area contributed by atoms with Crippen LogP contribution >= 0.6 is 0 Å². The highest BCUT2D eigenvalue weighted by Gasteiger charge is 2.29. The van der Waals surface area contributed by atoms with Crippen molar-refractivity contribution >= 4 is 21.6 Å². The lowest BCUT2D eigenvalue weighted by atomic mass is 9.91. The van der Waals surface area contributed by atoms with E-state index in [0.717, 1.165) is 31.5 Å². The van der Waals surface area contributed by atoms with Crippen LogP contribution in [0.5, 0.6) is 0 Å². The minimum atomic E-state index is -4.03. The molecule has 8 heteroatoms. The second kappa shape index (κ2) is 9.46. The van der Waals surface area contributed by atoms with E-state index >= 15 is 4.39 Å². The largest absolute Gasteiger partial charge is 0.322 e. The Kier molecular flexibility index (Phi) is 7.13. The van der Waals surface area contributed by atoms with Crippen molar-refractivity contribution in [2.24, 2.45) is 5.92 Å². The number of halogens is 1. The Morgan fingerprint density at radius 3 is 2.42 bits per heavy atom. The summed E-state index contributed by atoms with van der Waals surface area (Å²) >= 11 is 0. The topological polar surface area (TPSA) is 78.5 Å². The van der Waals surface area contributed by atoms with Crippen LogP contribution < -0.4 is 10.0 Å². The Morgan fingerprint density at radius 2 is 1.77 bits per heavy atom. The number of likely N-dealkylation sites (tertiary alicyclic amines) is 1. The molecule has 6 nitrogen and oxygen atoms in total. The molecule has 2 aromatic carbocycles. The van der Waals surface area contributed by atoms with Gasteiger partial charge in [-0.25, -0.2) is 17.5 Å². The molecule has 31 heavy (non-hydrogen) atoms. The van der Waals surface area contributed by atoms with E-state index in [1.165, 1.54) is 19.1 Å². The molecule has 1 amide bonds. The van der Waals surface area contributed by atoms with Crippen molar-refractivity contribution in [3.63, 3.8) is 0 Å². The van der Waals surface area contributed by atoms with Crippen molar-refractivity contribution in [3.8, 4) is 0 Å². The van der Waals surface area contributed by atoms with Gasteiger partial charge < -0.3 is 10.2 Å². The molecule has 1 aliphatic rings. The van der Waals surface area contributed by atoms with E-state index in [2.05, 4.69) is 14.9 Å². The Labute approximate surface area is 183 Å². The molecule has 0 spiro atoms. The Morgan fingerprint density at radius 1 is 1.13 bits per heavy atom. The molecule has 0 aliphatic carbocycles. The number of amides is 1. The number of carbonyl (C=O) groups is 1.